The molecule has 6 heteroatoms. The first kappa shape index (κ1) is 19.2. The number of benzene rings is 3. The predicted octanol–water partition coefficient (Wildman–Crippen LogP) is 6.03. The van der Waals surface area contributed by atoms with Crippen molar-refractivity contribution in [3.8, 4) is 16.9 Å². The second kappa shape index (κ2) is 8.11. The zero-order valence-electron chi connectivity index (χ0n) is 15.0. The van der Waals surface area contributed by atoms with Crippen LogP contribution in [0.25, 0.3) is 22.1 Å². The Bertz CT molecular complexity index is 1240. The van der Waals surface area contributed by atoms with E-state index in [0.29, 0.717) is 37.9 Å². The fourth-order valence-corrected chi connectivity index (χ4v) is 3.15. The van der Waals surface area contributed by atoms with Gasteiger partial charge in [0.15, 0.2) is 17.8 Å². The molecular formula is C23H14Cl2O4. The van der Waals surface area contributed by atoms with E-state index in [2.05, 4.69) is 0 Å². The Morgan fingerprint density at radius 3 is 2.24 bits per heavy atom. The highest BCUT2D eigenvalue weighted by atomic mass is 35.5. The molecule has 0 unspecified atom stereocenters. The molecule has 0 saturated carbocycles. The van der Waals surface area contributed by atoms with E-state index in [-0.39, 0.29) is 17.8 Å². The minimum Gasteiger partial charge on any atom is -0.485 e. The van der Waals surface area contributed by atoms with Crippen molar-refractivity contribution in [2.75, 3.05) is 6.61 Å². The van der Waals surface area contributed by atoms with Crippen LogP contribution in [0.2, 0.25) is 10.0 Å². The molecule has 29 heavy (non-hydrogen) atoms. The van der Waals surface area contributed by atoms with Crippen LogP contribution in [-0.4, -0.2) is 12.4 Å². The molecular weight excluding hydrogens is 411 g/mol. The van der Waals surface area contributed by atoms with Crippen LogP contribution < -0.4 is 10.2 Å². The van der Waals surface area contributed by atoms with Crippen molar-refractivity contribution in [3.63, 3.8) is 0 Å². The lowest BCUT2D eigenvalue weighted by atomic mass is 10.1. The number of ketones is 1. The van der Waals surface area contributed by atoms with Gasteiger partial charge >= 0.3 is 0 Å². The lowest BCUT2D eigenvalue weighted by molar-refractivity contribution is 0.0921. The Kier molecular flexibility index (Phi) is 5.38. The van der Waals surface area contributed by atoms with E-state index in [9.17, 15) is 9.59 Å². The summed E-state index contributed by atoms with van der Waals surface area (Å²) in [5.41, 5.74) is 1.90. The first-order chi connectivity index (χ1) is 14.0. The number of rotatable bonds is 5. The molecule has 0 radical (unpaired) electrons. The van der Waals surface area contributed by atoms with Crippen LogP contribution in [0.5, 0.6) is 5.75 Å². The van der Waals surface area contributed by atoms with Crippen molar-refractivity contribution in [3.05, 3.63) is 98.8 Å². The van der Waals surface area contributed by atoms with Crippen molar-refractivity contribution in [2.24, 2.45) is 0 Å². The molecule has 0 bridgehead atoms. The Balaban J connectivity index is 1.56. The van der Waals surface area contributed by atoms with Gasteiger partial charge in [-0.15, -0.1) is 0 Å². The first-order valence-electron chi connectivity index (χ1n) is 8.74. The minimum atomic E-state index is -0.179. The van der Waals surface area contributed by atoms with Crippen LogP contribution in [0, 0.1) is 0 Å². The normalized spacial score (nSPS) is 10.8. The molecule has 0 fully saturated rings. The lowest BCUT2D eigenvalue weighted by Gasteiger charge is -2.07. The van der Waals surface area contributed by atoms with E-state index in [4.69, 9.17) is 32.4 Å². The number of hydrogen-bond donors (Lipinski definition) is 0. The highest BCUT2D eigenvalue weighted by molar-refractivity contribution is 6.31. The van der Waals surface area contributed by atoms with Gasteiger partial charge in [0.2, 0.25) is 0 Å². The summed E-state index contributed by atoms with van der Waals surface area (Å²) in [7, 11) is 0. The quantitative estimate of drug-likeness (QED) is 0.367. The fourth-order valence-electron chi connectivity index (χ4n) is 2.90. The molecule has 1 heterocycles. The number of hydrogen-bond acceptors (Lipinski definition) is 4. The Hall–Kier alpha value is -3.08. The molecule has 144 valence electrons. The predicted molar refractivity (Wildman–Crippen MR) is 114 cm³/mol. The third kappa shape index (κ3) is 4.19. The number of halogens is 2. The lowest BCUT2D eigenvalue weighted by Crippen LogP contribution is -2.11. The van der Waals surface area contributed by atoms with E-state index in [1.807, 2.05) is 0 Å². The maximum Gasteiger partial charge on any atom is 0.200 e. The summed E-state index contributed by atoms with van der Waals surface area (Å²) < 4.78 is 11.2. The number of fused-ring (bicyclic) bond motifs is 1. The summed E-state index contributed by atoms with van der Waals surface area (Å²) in [4.78, 5) is 25.0. The maximum atomic E-state index is 12.8. The van der Waals surface area contributed by atoms with E-state index in [1.165, 1.54) is 6.26 Å². The zero-order valence-corrected chi connectivity index (χ0v) is 16.5. The van der Waals surface area contributed by atoms with Gasteiger partial charge in [0.05, 0.1) is 10.9 Å². The van der Waals surface area contributed by atoms with Crippen LogP contribution in [-0.2, 0) is 0 Å². The molecule has 3 aromatic carbocycles. The zero-order chi connectivity index (χ0) is 20.4. The number of ether oxygens (including phenoxy) is 1. The monoisotopic (exact) mass is 424 g/mol. The average molecular weight is 425 g/mol. The Morgan fingerprint density at radius 2 is 1.55 bits per heavy atom. The van der Waals surface area contributed by atoms with E-state index in [1.54, 1.807) is 66.7 Å². The molecule has 0 atom stereocenters. The van der Waals surface area contributed by atoms with Gasteiger partial charge in [0.1, 0.15) is 17.6 Å². The molecule has 4 nitrogen and oxygen atoms in total. The number of carbonyl (C=O) groups is 1. The molecule has 4 aromatic rings. The molecule has 0 aliphatic rings. The highest BCUT2D eigenvalue weighted by Crippen LogP contribution is 2.24. The molecule has 0 aliphatic carbocycles. The largest absolute Gasteiger partial charge is 0.485 e. The van der Waals surface area contributed by atoms with Crippen LogP contribution in [0.15, 0.2) is 82.2 Å². The van der Waals surface area contributed by atoms with Crippen LogP contribution in [0.1, 0.15) is 10.4 Å². The molecule has 0 spiro atoms. The standard InChI is InChI=1S/C23H14Cl2O4/c24-16-5-1-14(2-6-16)20-12-29-22-11-18(9-10-19(22)23(20)27)28-13-21(26)15-3-7-17(25)8-4-15/h1-12H,13H2. The second-order valence-electron chi connectivity index (χ2n) is 6.36. The Labute approximate surface area is 176 Å². The third-order valence-electron chi connectivity index (χ3n) is 4.44. The van der Waals surface area contributed by atoms with Crippen LogP contribution in [0.3, 0.4) is 0 Å². The number of carbonyl (C=O) groups excluding carboxylic acids is 1. The maximum absolute atomic E-state index is 12.8. The summed E-state index contributed by atoms with van der Waals surface area (Å²) in [6.07, 6.45) is 1.41. The van der Waals surface area contributed by atoms with Crippen molar-refractivity contribution in [1.82, 2.24) is 0 Å². The summed E-state index contributed by atoms with van der Waals surface area (Å²) in [6.45, 7) is -0.139. The summed E-state index contributed by atoms with van der Waals surface area (Å²) in [5.74, 6) is 0.253. The minimum absolute atomic E-state index is 0.139. The Morgan fingerprint density at radius 1 is 0.897 bits per heavy atom. The van der Waals surface area contributed by atoms with Gasteiger partial charge in [-0.1, -0.05) is 35.3 Å². The van der Waals surface area contributed by atoms with Crippen LogP contribution >= 0.6 is 23.2 Å². The van der Waals surface area contributed by atoms with Crippen molar-refractivity contribution in [1.29, 1.82) is 0 Å². The first-order valence-corrected chi connectivity index (χ1v) is 9.50. The van der Waals surface area contributed by atoms with Gasteiger partial charge in [-0.05, 0) is 54.1 Å². The highest BCUT2D eigenvalue weighted by Gasteiger charge is 2.11. The average Bonchev–Trinajstić information content (AvgIpc) is 2.73. The number of Topliss-reactive ketones (excluding diaryl/α,β-unsaturated/α-hetero) is 1. The van der Waals surface area contributed by atoms with Crippen molar-refractivity contribution < 1.29 is 13.9 Å². The van der Waals surface area contributed by atoms with Gasteiger partial charge < -0.3 is 9.15 Å². The van der Waals surface area contributed by atoms with Gasteiger partial charge in [-0.25, -0.2) is 0 Å². The van der Waals surface area contributed by atoms with Gasteiger partial charge in [-0.2, -0.15) is 0 Å². The second-order valence-corrected chi connectivity index (χ2v) is 7.23. The summed E-state index contributed by atoms with van der Waals surface area (Å²) in [5, 5.41) is 1.58. The topological polar surface area (TPSA) is 56.5 Å². The SMILES string of the molecule is O=C(COc1ccc2c(=O)c(-c3ccc(Cl)cc3)coc2c1)c1ccc(Cl)cc1. The molecule has 1 aromatic heterocycles. The van der Waals surface area contributed by atoms with Gasteiger partial charge in [0, 0.05) is 21.7 Å². The van der Waals surface area contributed by atoms with Crippen molar-refractivity contribution >= 4 is 40.0 Å². The van der Waals surface area contributed by atoms with Crippen molar-refractivity contribution in [2.45, 2.75) is 0 Å². The van der Waals surface area contributed by atoms with E-state index >= 15 is 0 Å². The van der Waals surface area contributed by atoms with Crippen LogP contribution in [0.4, 0.5) is 0 Å². The van der Waals surface area contributed by atoms with E-state index < -0.39 is 0 Å². The smallest absolute Gasteiger partial charge is 0.200 e. The molecule has 0 aliphatic heterocycles. The molecule has 0 saturated heterocycles. The third-order valence-corrected chi connectivity index (χ3v) is 4.94. The molecule has 0 amide bonds. The summed E-state index contributed by atoms with van der Waals surface area (Å²) in [6, 6.07) is 18.4. The molecule has 4 rings (SSSR count). The summed E-state index contributed by atoms with van der Waals surface area (Å²) >= 11 is 11.7. The van der Waals surface area contributed by atoms with Gasteiger partial charge in [0.25, 0.3) is 0 Å². The van der Waals surface area contributed by atoms with E-state index in [0.717, 1.165) is 5.56 Å². The molecule has 0 N–H and O–H groups in total. The fraction of sp³-hybridized carbons (Fsp3) is 0.0435. The van der Waals surface area contributed by atoms with Gasteiger partial charge in [-0.3, -0.25) is 9.59 Å².